The van der Waals surface area contributed by atoms with Crippen LogP contribution >= 0.6 is 0 Å². The van der Waals surface area contributed by atoms with Crippen molar-refractivity contribution in [3.8, 4) is 0 Å². The molecule has 0 aromatic heterocycles. The third-order valence-electron chi connectivity index (χ3n) is 1.21. The Bertz CT molecular complexity index is 70.8. The molecular formula is C6H16BrNO2. The summed E-state index contributed by atoms with van der Waals surface area (Å²) in [5, 5.41) is 17.0. The van der Waals surface area contributed by atoms with Crippen LogP contribution in [0.15, 0.2) is 0 Å². The number of hydrogen-bond donors (Lipinski definition) is 3. The van der Waals surface area contributed by atoms with Crippen molar-refractivity contribution in [1.82, 2.24) is 0 Å². The molecule has 1 atom stereocenters. The van der Waals surface area contributed by atoms with Crippen LogP contribution in [0.5, 0.6) is 0 Å². The van der Waals surface area contributed by atoms with Crippen LogP contribution in [0, 0.1) is 0 Å². The Kier molecular flexibility index (Phi) is 9.70. The zero-order valence-corrected chi connectivity index (χ0v) is 8.06. The van der Waals surface area contributed by atoms with Gasteiger partial charge in [-0.15, -0.1) is 0 Å². The average molecular weight is 214 g/mol. The Hall–Kier alpha value is 0.360. The minimum Gasteiger partial charge on any atom is -1.00 e. The second-order valence-electron chi connectivity index (χ2n) is 2.39. The summed E-state index contributed by atoms with van der Waals surface area (Å²) in [6.07, 6.45) is -0.0741. The number of aliphatic hydroxyl groups excluding tert-OH is 1. The van der Waals surface area contributed by atoms with Crippen LogP contribution in [0.25, 0.3) is 0 Å². The van der Waals surface area contributed by atoms with Crippen molar-refractivity contribution in [3.63, 3.8) is 0 Å². The van der Waals surface area contributed by atoms with Gasteiger partial charge in [0.1, 0.15) is 6.54 Å². The Morgan fingerprint density at radius 1 is 1.40 bits per heavy atom. The number of aliphatic hydroxyl groups is 2. The van der Waals surface area contributed by atoms with Crippen molar-refractivity contribution in [2.75, 3.05) is 20.1 Å². The molecule has 0 spiro atoms. The molecule has 64 valence electrons. The fraction of sp³-hybridized carbons (Fsp3) is 1.00. The van der Waals surface area contributed by atoms with E-state index in [-0.39, 0.29) is 17.0 Å². The van der Waals surface area contributed by atoms with Gasteiger partial charge < -0.3 is 32.1 Å². The molecule has 0 aliphatic rings. The molecule has 4 heteroatoms. The Morgan fingerprint density at radius 3 is 2.20 bits per heavy atom. The van der Waals surface area contributed by atoms with E-state index in [0.717, 1.165) is 17.9 Å². The average Bonchev–Trinajstić information content (AvgIpc) is 1.63. The molecule has 0 rings (SSSR count). The van der Waals surface area contributed by atoms with Crippen molar-refractivity contribution in [2.45, 2.75) is 19.6 Å². The molecule has 0 radical (unpaired) electrons. The van der Waals surface area contributed by atoms with Gasteiger partial charge in [0.25, 0.3) is 0 Å². The number of halogens is 1. The number of likely N-dealkylation sites (N-methyl/N-ethyl adjacent to an activating group) is 1. The van der Waals surface area contributed by atoms with Crippen LogP contribution < -0.4 is 21.9 Å². The van der Waals surface area contributed by atoms with Crippen LogP contribution in [-0.4, -0.2) is 36.6 Å². The smallest absolute Gasteiger partial charge is 0.202 e. The van der Waals surface area contributed by atoms with E-state index in [2.05, 4.69) is 6.92 Å². The van der Waals surface area contributed by atoms with Gasteiger partial charge in [0.05, 0.1) is 13.6 Å². The number of hydrogen-bond acceptors (Lipinski definition) is 2. The molecular weight excluding hydrogens is 198 g/mol. The first-order valence-corrected chi connectivity index (χ1v) is 3.34. The van der Waals surface area contributed by atoms with E-state index < -0.39 is 6.29 Å². The Balaban J connectivity index is 0. The summed E-state index contributed by atoms with van der Waals surface area (Å²) in [6, 6.07) is 0. The van der Waals surface area contributed by atoms with Gasteiger partial charge in [-0.3, -0.25) is 0 Å². The summed E-state index contributed by atoms with van der Waals surface area (Å²) >= 11 is 0. The third kappa shape index (κ3) is 8.36. The topological polar surface area (TPSA) is 44.9 Å². The fourth-order valence-corrected chi connectivity index (χ4v) is 0.841. The molecule has 0 aliphatic carbocycles. The molecule has 0 saturated carbocycles. The maximum atomic E-state index is 8.48. The predicted molar refractivity (Wildman–Crippen MR) is 35.1 cm³/mol. The molecule has 0 aromatic carbocycles. The van der Waals surface area contributed by atoms with E-state index in [9.17, 15) is 0 Å². The van der Waals surface area contributed by atoms with Gasteiger partial charge in [0.2, 0.25) is 6.29 Å². The highest BCUT2D eigenvalue weighted by molar-refractivity contribution is 4.27. The van der Waals surface area contributed by atoms with Crippen molar-refractivity contribution in [2.24, 2.45) is 0 Å². The summed E-state index contributed by atoms with van der Waals surface area (Å²) in [7, 11) is 1.95. The van der Waals surface area contributed by atoms with Gasteiger partial charge in [0.15, 0.2) is 0 Å². The maximum absolute atomic E-state index is 8.48. The second kappa shape index (κ2) is 7.47. The lowest BCUT2D eigenvalue weighted by molar-refractivity contribution is -0.885. The number of rotatable bonds is 4. The van der Waals surface area contributed by atoms with Crippen molar-refractivity contribution in [1.29, 1.82) is 0 Å². The van der Waals surface area contributed by atoms with Gasteiger partial charge >= 0.3 is 0 Å². The highest BCUT2D eigenvalue weighted by atomic mass is 79.9. The maximum Gasteiger partial charge on any atom is 0.202 e. The highest BCUT2D eigenvalue weighted by Gasteiger charge is 2.04. The molecule has 0 fully saturated rings. The quantitative estimate of drug-likeness (QED) is 0.411. The largest absolute Gasteiger partial charge is 1.00 e. The predicted octanol–water partition coefficient (Wildman–Crippen LogP) is -4.77. The molecule has 0 bridgehead atoms. The zero-order chi connectivity index (χ0) is 7.28. The molecule has 0 aromatic rings. The Labute approximate surface area is 72.4 Å². The second-order valence-corrected chi connectivity index (χ2v) is 2.39. The van der Waals surface area contributed by atoms with Crippen LogP contribution in [0.1, 0.15) is 13.3 Å². The zero-order valence-electron chi connectivity index (χ0n) is 6.47. The molecule has 3 N–H and O–H groups in total. The SMILES string of the molecule is CCC[NH+](C)CC(O)O.[Br-]. The normalized spacial score (nSPS) is 12.9. The highest BCUT2D eigenvalue weighted by Crippen LogP contribution is 1.66. The van der Waals surface area contributed by atoms with Crippen LogP contribution in [0.4, 0.5) is 0 Å². The molecule has 10 heavy (non-hydrogen) atoms. The number of nitrogens with one attached hydrogen (secondary N) is 1. The molecule has 0 amide bonds. The van der Waals surface area contributed by atoms with Crippen LogP contribution in [0.3, 0.4) is 0 Å². The van der Waals surface area contributed by atoms with E-state index in [0.29, 0.717) is 6.54 Å². The Morgan fingerprint density at radius 2 is 1.90 bits per heavy atom. The van der Waals surface area contributed by atoms with Crippen molar-refractivity contribution < 1.29 is 32.1 Å². The van der Waals surface area contributed by atoms with Crippen LogP contribution in [0.2, 0.25) is 0 Å². The minimum absolute atomic E-state index is 0. The molecule has 3 nitrogen and oxygen atoms in total. The number of quaternary nitrogens is 1. The lowest BCUT2D eigenvalue weighted by atomic mass is 10.4. The lowest BCUT2D eigenvalue weighted by Gasteiger charge is -2.12. The van der Waals surface area contributed by atoms with Gasteiger partial charge in [-0.2, -0.15) is 0 Å². The van der Waals surface area contributed by atoms with E-state index in [1.54, 1.807) is 0 Å². The first-order valence-electron chi connectivity index (χ1n) is 3.34. The van der Waals surface area contributed by atoms with Gasteiger partial charge in [-0.05, 0) is 6.42 Å². The summed E-state index contributed by atoms with van der Waals surface area (Å²) in [6.45, 7) is 3.50. The van der Waals surface area contributed by atoms with Crippen molar-refractivity contribution in [3.05, 3.63) is 0 Å². The van der Waals surface area contributed by atoms with E-state index in [1.807, 2.05) is 7.05 Å². The molecule has 0 heterocycles. The minimum atomic E-state index is -1.16. The summed E-state index contributed by atoms with van der Waals surface area (Å²) in [5.41, 5.74) is 0. The van der Waals surface area contributed by atoms with E-state index in [1.165, 1.54) is 0 Å². The van der Waals surface area contributed by atoms with Gasteiger partial charge in [-0.25, -0.2) is 0 Å². The lowest BCUT2D eigenvalue weighted by Crippen LogP contribution is -3.10. The van der Waals surface area contributed by atoms with Gasteiger partial charge in [-0.1, -0.05) is 6.92 Å². The van der Waals surface area contributed by atoms with Crippen LogP contribution in [-0.2, 0) is 0 Å². The fourth-order valence-electron chi connectivity index (χ4n) is 0.841. The summed E-state index contributed by atoms with van der Waals surface area (Å²) < 4.78 is 0. The first-order chi connectivity index (χ1) is 4.16. The van der Waals surface area contributed by atoms with E-state index >= 15 is 0 Å². The van der Waals surface area contributed by atoms with E-state index in [4.69, 9.17) is 10.2 Å². The van der Waals surface area contributed by atoms with Gasteiger partial charge in [0, 0.05) is 0 Å². The third-order valence-corrected chi connectivity index (χ3v) is 1.21. The first kappa shape index (κ1) is 13.0. The molecule has 0 aliphatic heterocycles. The summed E-state index contributed by atoms with van der Waals surface area (Å²) in [4.78, 5) is 1.16. The molecule has 1 unspecified atom stereocenters. The summed E-state index contributed by atoms with van der Waals surface area (Å²) in [5.74, 6) is 0. The monoisotopic (exact) mass is 213 g/mol. The molecule has 0 saturated heterocycles. The van der Waals surface area contributed by atoms with Crippen molar-refractivity contribution >= 4 is 0 Å². The standard InChI is InChI=1S/C6H15NO2.BrH/c1-3-4-7(2)5-6(8)9;/h6,8-9H,3-5H2,1-2H3;1H.